The van der Waals surface area contributed by atoms with Crippen LogP contribution in [0.15, 0.2) is 24.3 Å². The number of aryl methyl sites for hydroxylation is 1. The van der Waals surface area contributed by atoms with E-state index in [-0.39, 0.29) is 0 Å². The molecule has 1 aromatic carbocycles. The second kappa shape index (κ2) is 7.49. The molecule has 0 fully saturated rings. The SMILES string of the molecule is [CH2]CCCCCCc1ccc(C(C)C)cc1. The van der Waals surface area contributed by atoms with Gasteiger partial charge in [0, 0.05) is 0 Å². The molecule has 1 radical (unpaired) electrons. The first-order valence-electron chi connectivity index (χ1n) is 6.62. The van der Waals surface area contributed by atoms with Crippen molar-refractivity contribution in [1.29, 1.82) is 0 Å². The molecule has 0 nitrogen and oxygen atoms in total. The summed E-state index contributed by atoms with van der Waals surface area (Å²) >= 11 is 0. The zero-order valence-electron chi connectivity index (χ0n) is 10.8. The van der Waals surface area contributed by atoms with Gasteiger partial charge in [0.05, 0.1) is 0 Å². The Morgan fingerprint density at radius 3 is 2.12 bits per heavy atom. The summed E-state index contributed by atoms with van der Waals surface area (Å²) in [6, 6.07) is 9.12. The smallest absolute Gasteiger partial charge is 0.0219 e. The molecule has 0 heterocycles. The third-order valence-corrected chi connectivity index (χ3v) is 3.11. The molecular weight excluding hydrogens is 192 g/mol. The van der Waals surface area contributed by atoms with Gasteiger partial charge < -0.3 is 0 Å². The monoisotopic (exact) mass is 217 g/mol. The van der Waals surface area contributed by atoms with Gasteiger partial charge in [0.2, 0.25) is 0 Å². The van der Waals surface area contributed by atoms with Gasteiger partial charge in [-0.3, -0.25) is 0 Å². The molecular formula is C16H25. The summed E-state index contributed by atoms with van der Waals surface area (Å²) in [5, 5.41) is 0. The van der Waals surface area contributed by atoms with Gasteiger partial charge in [0.15, 0.2) is 0 Å². The van der Waals surface area contributed by atoms with E-state index in [0.29, 0.717) is 5.92 Å². The van der Waals surface area contributed by atoms with Crippen LogP contribution >= 0.6 is 0 Å². The average Bonchev–Trinajstić information content (AvgIpc) is 2.29. The minimum atomic E-state index is 0.645. The molecule has 16 heavy (non-hydrogen) atoms. The highest BCUT2D eigenvalue weighted by Crippen LogP contribution is 2.16. The topological polar surface area (TPSA) is 0 Å². The van der Waals surface area contributed by atoms with Crippen LogP contribution in [0.3, 0.4) is 0 Å². The van der Waals surface area contributed by atoms with Crippen molar-refractivity contribution in [3.8, 4) is 0 Å². The molecule has 0 amide bonds. The summed E-state index contributed by atoms with van der Waals surface area (Å²) in [4.78, 5) is 0. The lowest BCUT2D eigenvalue weighted by Gasteiger charge is -2.06. The van der Waals surface area contributed by atoms with Crippen LogP contribution in [0.25, 0.3) is 0 Å². The summed E-state index contributed by atoms with van der Waals surface area (Å²) in [6.07, 6.45) is 7.61. The van der Waals surface area contributed by atoms with Crippen molar-refractivity contribution in [2.45, 2.75) is 58.3 Å². The Bertz CT molecular complexity index is 269. The Hall–Kier alpha value is -0.780. The van der Waals surface area contributed by atoms with Crippen molar-refractivity contribution < 1.29 is 0 Å². The highest BCUT2D eigenvalue weighted by Gasteiger charge is 1.98. The maximum Gasteiger partial charge on any atom is -0.0219 e. The quantitative estimate of drug-likeness (QED) is 0.555. The number of unbranched alkanes of at least 4 members (excludes halogenated alkanes) is 4. The van der Waals surface area contributed by atoms with Crippen LogP contribution < -0.4 is 0 Å². The fraction of sp³-hybridized carbons (Fsp3) is 0.562. The molecule has 0 N–H and O–H groups in total. The van der Waals surface area contributed by atoms with Crippen LogP contribution in [0.1, 0.15) is 63.0 Å². The minimum Gasteiger partial charge on any atom is -0.0588 e. The molecule has 0 unspecified atom stereocenters. The van der Waals surface area contributed by atoms with Gasteiger partial charge in [-0.25, -0.2) is 0 Å². The summed E-state index contributed by atoms with van der Waals surface area (Å²) in [7, 11) is 0. The number of hydrogen-bond acceptors (Lipinski definition) is 0. The van der Waals surface area contributed by atoms with E-state index >= 15 is 0 Å². The van der Waals surface area contributed by atoms with Crippen LogP contribution in [-0.2, 0) is 6.42 Å². The van der Waals surface area contributed by atoms with E-state index in [1.807, 2.05) is 0 Å². The number of benzene rings is 1. The van der Waals surface area contributed by atoms with E-state index in [9.17, 15) is 0 Å². The largest absolute Gasteiger partial charge is 0.0588 e. The van der Waals surface area contributed by atoms with Crippen molar-refractivity contribution >= 4 is 0 Å². The Morgan fingerprint density at radius 1 is 0.938 bits per heavy atom. The van der Waals surface area contributed by atoms with E-state index in [2.05, 4.69) is 45.0 Å². The van der Waals surface area contributed by atoms with Crippen LogP contribution in [0.2, 0.25) is 0 Å². The predicted molar refractivity (Wildman–Crippen MR) is 72.7 cm³/mol. The molecule has 0 spiro atoms. The number of rotatable bonds is 7. The Kier molecular flexibility index (Phi) is 6.22. The van der Waals surface area contributed by atoms with E-state index < -0.39 is 0 Å². The molecule has 0 aliphatic heterocycles. The summed E-state index contributed by atoms with van der Waals surface area (Å²) in [6.45, 7) is 8.36. The molecule has 0 saturated carbocycles. The van der Waals surface area contributed by atoms with E-state index in [1.54, 1.807) is 0 Å². The first-order chi connectivity index (χ1) is 7.74. The van der Waals surface area contributed by atoms with Gasteiger partial charge in [-0.2, -0.15) is 0 Å². The van der Waals surface area contributed by atoms with Crippen molar-refractivity contribution in [2.24, 2.45) is 0 Å². The second-order valence-electron chi connectivity index (χ2n) is 4.91. The molecule has 0 aliphatic rings. The van der Waals surface area contributed by atoms with Crippen molar-refractivity contribution in [2.75, 3.05) is 0 Å². The normalized spacial score (nSPS) is 11.0. The van der Waals surface area contributed by atoms with Crippen LogP contribution in [0.5, 0.6) is 0 Å². The Balaban J connectivity index is 2.27. The van der Waals surface area contributed by atoms with Crippen LogP contribution in [0, 0.1) is 6.92 Å². The predicted octanol–water partition coefficient (Wildman–Crippen LogP) is 5.14. The maximum atomic E-state index is 3.87. The zero-order chi connectivity index (χ0) is 11.8. The summed E-state index contributed by atoms with van der Waals surface area (Å²) < 4.78 is 0. The summed E-state index contributed by atoms with van der Waals surface area (Å²) in [5.74, 6) is 0.645. The fourth-order valence-corrected chi connectivity index (χ4v) is 1.93. The second-order valence-corrected chi connectivity index (χ2v) is 4.91. The average molecular weight is 217 g/mol. The zero-order valence-corrected chi connectivity index (χ0v) is 10.8. The molecule has 89 valence electrons. The Morgan fingerprint density at radius 2 is 1.56 bits per heavy atom. The lowest BCUT2D eigenvalue weighted by atomic mass is 9.99. The molecule has 1 aromatic rings. The Labute approximate surface area is 101 Å². The number of hydrogen-bond donors (Lipinski definition) is 0. The third-order valence-electron chi connectivity index (χ3n) is 3.11. The van der Waals surface area contributed by atoms with Crippen molar-refractivity contribution in [3.63, 3.8) is 0 Å². The maximum absolute atomic E-state index is 3.87. The lowest BCUT2D eigenvalue weighted by molar-refractivity contribution is 0.645. The van der Waals surface area contributed by atoms with E-state index in [4.69, 9.17) is 0 Å². The third kappa shape index (κ3) is 4.83. The van der Waals surface area contributed by atoms with Gasteiger partial charge >= 0.3 is 0 Å². The standard InChI is InChI=1S/C16H25/c1-4-5-6-7-8-9-15-10-12-16(13-11-15)14(2)3/h10-14H,1,4-9H2,2-3H3. The molecule has 1 rings (SSSR count). The van der Waals surface area contributed by atoms with Gasteiger partial charge in [0.1, 0.15) is 0 Å². The van der Waals surface area contributed by atoms with Crippen LogP contribution in [0.4, 0.5) is 0 Å². The lowest BCUT2D eigenvalue weighted by Crippen LogP contribution is -1.90. The van der Waals surface area contributed by atoms with Gasteiger partial charge in [0.25, 0.3) is 0 Å². The van der Waals surface area contributed by atoms with Gasteiger partial charge in [-0.15, -0.1) is 0 Å². The first kappa shape index (κ1) is 13.3. The van der Waals surface area contributed by atoms with E-state index in [0.717, 1.165) is 6.42 Å². The fourth-order valence-electron chi connectivity index (χ4n) is 1.93. The highest BCUT2D eigenvalue weighted by molar-refractivity contribution is 5.24. The van der Waals surface area contributed by atoms with E-state index in [1.165, 1.54) is 43.2 Å². The van der Waals surface area contributed by atoms with Gasteiger partial charge in [-0.05, 0) is 29.9 Å². The summed E-state index contributed by atoms with van der Waals surface area (Å²) in [5.41, 5.74) is 2.93. The highest BCUT2D eigenvalue weighted by atomic mass is 14.0. The molecule has 0 bridgehead atoms. The molecule has 0 saturated heterocycles. The molecule has 0 aromatic heterocycles. The molecule has 0 aliphatic carbocycles. The van der Waals surface area contributed by atoms with Crippen molar-refractivity contribution in [3.05, 3.63) is 42.3 Å². The van der Waals surface area contributed by atoms with Gasteiger partial charge in [-0.1, -0.05) is 70.7 Å². The van der Waals surface area contributed by atoms with Crippen LogP contribution in [-0.4, -0.2) is 0 Å². The molecule has 0 atom stereocenters. The van der Waals surface area contributed by atoms with Crippen molar-refractivity contribution in [1.82, 2.24) is 0 Å². The first-order valence-corrected chi connectivity index (χ1v) is 6.62. The minimum absolute atomic E-state index is 0.645. The molecule has 0 heteroatoms.